The lowest BCUT2D eigenvalue weighted by atomic mass is 10.2. The van der Waals surface area contributed by atoms with Crippen molar-refractivity contribution in [3.63, 3.8) is 0 Å². The Hall–Kier alpha value is -3.28. The highest BCUT2D eigenvalue weighted by atomic mass is 16.1. The van der Waals surface area contributed by atoms with E-state index in [-0.39, 0.29) is 11.4 Å². The number of hydrogen-bond acceptors (Lipinski definition) is 5. The zero-order valence-corrected chi connectivity index (χ0v) is 12.4. The van der Waals surface area contributed by atoms with Gasteiger partial charge in [-0.15, -0.1) is 0 Å². The summed E-state index contributed by atoms with van der Waals surface area (Å²) in [6.07, 6.45) is 0.507. The van der Waals surface area contributed by atoms with Crippen LogP contribution >= 0.6 is 0 Å². The first-order valence-electron chi connectivity index (χ1n) is 7.02. The summed E-state index contributed by atoms with van der Waals surface area (Å²) >= 11 is 0. The van der Waals surface area contributed by atoms with Crippen LogP contribution in [-0.2, 0) is 4.79 Å². The van der Waals surface area contributed by atoms with Gasteiger partial charge in [-0.2, -0.15) is 5.10 Å². The minimum atomic E-state index is -0.458. The molecule has 1 heterocycles. The van der Waals surface area contributed by atoms with Gasteiger partial charge < -0.3 is 4.98 Å². The van der Waals surface area contributed by atoms with Crippen molar-refractivity contribution in [3.8, 4) is 0 Å². The predicted octanol–water partition coefficient (Wildman–Crippen LogP) is 2.25. The van der Waals surface area contributed by atoms with Crippen molar-refractivity contribution in [1.82, 2.24) is 9.97 Å². The monoisotopic (exact) mass is 306 g/mol. The van der Waals surface area contributed by atoms with Crippen LogP contribution in [0.3, 0.4) is 0 Å². The highest BCUT2D eigenvalue weighted by Crippen LogP contribution is 2.09. The van der Waals surface area contributed by atoms with Gasteiger partial charge in [0.15, 0.2) is 17.7 Å². The number of benzene rings is 2. The Balaban J connectivity index is 1.98. The number of nitrogens with zero attached hydrogens (tertiary/aromatic N) is 2. The molecule has 2 aromatic carbocycles. The van der Waals surface area contributed by atoms with E-state index in [4.69, 9.17) is 0 Å². The van der Waals surface area contributed by atoms with Crippen molar-refractivity contribution in [2.75, 3.05) is 5.43 Å². The molecule has 0 fully saturated rings. The summed E-state index contributed by atoms with van der Waals surface area (Å²) in [5, 5.41) is 4.00. The summed E-state index contributed by atoms with van der Waals surface area (Å²) < 4.78 is 0. The Morgan fingerprint density at radius 2 is 1.91 bits per heavy atom. The van der Waals surface area contributed by atoms with Gasteiger partial charge in [-0.3, -0.25) is 15.0 Å². The molecule has 0 saturated heterocycles. The number of aromatic amines is 1. The molecule has 0 spiro atoms. The Morgan fingerprint density at radius 3 is 2.65 bits per heavy atom. The second-order valence-corrected chi connectivity index (χ2v) is 5.02. The number of anilines is 1. The van der Waals surface area contributed by atoms with Crippen LogP contribution in [0.4, 0.5) is 5.69 Å². The average molecular weight is 306 g/mol. The Morgan fingerprint density at radius 1 is 1.17 bits per heavy atom. The largest absolute Gasteiger partial charge is 0.319 e. The molecule has 0 unspecified atom stereocenters. The van der Waals surface area contributed by atoms with Gasteiger partial charge in [0, 0.05) is 0 Å². The van der Waals surface area contributed by atoms with Crippen LogP contribution in [-0.4, -0.2) is 22.0 Å². The first kappa shape index (κ1) is 14.6. The fraction of sp³-hybridized carbons (Fsp3) is 0.0588. The molecule has 23 heavy (non-hydrogen) atoms. The van der Waals surface area contributed by atoms with Crippen LogP contribution < -0.4 is 11.0 Å². The van der Waals surface area contributed by atoms with Crippen LogP contribution in [0.15, 0.2) is 58.4 Å². The van der Waals surface area contributed by atoms with E-state index in [2.05, 4.69) is 20.5 Å². The van der Waals surface area contributed by atoms with Crippen LogP contribution in [0, 0.1) is 6.92 Å². The molecular formula is C17H14N4O2. The summed E-state index contributed by atoms with van der Waals surface area (Å²) in [4.78, 5) is 30.3. The third-order valence-electron chi connectivity index (χ3n) is 3.31. The van der Waals surface area contributed by atoms with Crippen LogP contribution in [0.25, 0.3) is 11.0 Å². The minimum Gasteiger partial charge on any atom is -0.319 e. The lowest BCUT2D eigenvalue weighted by Crippen LogP contribution is -2.22. The number of aryl methyl sites for hydroxylation is 1. The van der Waals surface area contributed by atoms with Gasteiger partial charge >= 0.3 is 0 Å². The predicted molar refractivity (Wildman–Crippen MR) is 89.8 cm³/mol. The Bertz CT molecular complexity index is 943. The number of fused-ring (bicyclic) bond motifs is 1. The van der Waals surface area contributed by atoms with Crippen molar-refractivity contribution in [2.45, 2.75) is 6.92 Å². The number of hydrazone groups is 1. The average Bonchev–Trinajstić information content (AvgIpc) is 2.57. The number of aldehydes is 1. The van der Waals surface area contributed by atoms with Crippen molar-refractivity contribution in [2.24, 2.45) is 5.10 Å². The zero-order valence-electron chi connectivity index (χ0n) is 12.4. The van der Waals surface area contributed by atoms with Crippen molar-refractivity contribution in [1.29, 1.82) is 0 Å². The number of para-hydroxylation sites is 2. The number of carbonyl (C=O) groups excluding carboxylic acids is 1. The van der Waals surface area contributed by atoms with Gasteiger partial charge in [0.05, 0.1) is 16.7 Å². The lowest BCUT2D eigenvalue weighted by molar-refractivity contribution is -0.102. The quantitative estimate of drug-likeness (QED) is 0.439. The highest BCUT2D eigenvalue weighted by molar-refractivity contribution is 6.35. The van der Waals surface area contributed by atoms with E-state index >= 15 is 0 Å². The standard InChI is InChI=1S/C17H14N4O2/c1-11-6-8-12(9-7-11)20-21-15(10-22)16-17(23)19-14-5-3-2-4-13(14)18-16/h2-10,20H,1H3,(H,19,23)/b21-15+. The first-order chi connectivity index (χ1) is 11.2. The van der Waals surface area contributed by atoms with E-state index in [9.17, 15) is 9.59 Å². The second kappa shape index (κ2) is 6.23. The van der Waals surface area contributed by atoms with Gasteiger partial charge in [-0.05, 0) is 31.2 Å². The minimum absolute atomic E-state index is 0.0155. The lowest BCUT2D eigenvalue weighted by Gasteiger charge is -2.04. The molecule has 6 heteroatoms. The topological polar surface area (TPSA) is 87.2 Å². The third-order valence-corrected chi connectivity index (χ3v) is 3.31. The summed E-state index contributed by atoms with van der Waals surface area (Å²) in [5.74, 6) is 0. The molecule has 0 aliphatic rings. The number of hydrogen-bond donors (Lipinski definition) is 2. The molecule has 0 radical (unpaired) electrons. The Labute approximate surface area is 131 Å². The molecule has 0 atom stereocenters. The van der Waals surface area contributed by atoms with Gasteiger partial charge in [0.25, 0.3) is 5.56 Å². The molecule has 6 nitrogen and oxygen atoms in total. The van der Waals surface area contributed by atoms with E-state index < -0.39 is 5.56 Å². The SMILES string of the molecule is Cc1ccc(N/N=C(\C=O)c2nc3ccccc3[nH]c2=O)cc1. The molecule has 3 aromatic rings. The molecule has 2 N–H and O–H groups in total. The number of aromatic nitrogens is 2. The van der Waals surface area contributed by atoms with E-state index in [0.717, 1.165) is 5.56 Å². The van der Waals surface area contributed by atoms with Crippen LogP contribution in [0.2, 0.25) is 0 Å². The van der Waals surface area contributed by atoms with Crippen molar-refractivity contribution in [3.05, 3.63) is 70.1 Å². The molecule has 114 valence electrons. The maximum Gasteiger partial charge on any atom is 0.276 e. The van der Waals surface area contributed by atoms with Crippen LogP contribution in [0.1, 0.15) is 11.3 Å². The van der Waals surface area contributed by atoms with Crippen molar-refractivity contribution < 1.29 is 4.79 Å². The van der Waals surface area contributed by atoms with Gasteiger partial charge in [-0.1, -0.05) is 29.8 Å². The summed E-state index contributed by atoms with van der Waals surface area (Å²) in [6.45, 7) is 1.97. The molecule has 0 amide bonds. The van der Waals surface area contributed by atoms with Gasteiger partial charge in [0.2, 0.25) is 0 Å². The number of nitrogens with one attached hydrogen (secondary N) is 2. The number of H-pyrrole nitrogens is 1. The fourth-order valence-electron chi connectivity index (χ4n) is 2.09. The van der Waals surface area contributed by atoms with Gasteiger partial charge in [0.1, 0.15) is 0 Å². The maximum absolute atomic E-state index is 12.1. The molecule has 0 aliphatic carbocycles. The summed E-state index contributed by atoms with van der Waals surface area (Å²) in [5.41, 5.74) is 5.26. The second-order valence-electron chi connectivity index (χ2n) is 5.02. The molecule has 1 aromatic heterocycles. The van der Waals surface area contributed by atoms with Crippen molar-refractivity contribution >= 4 is 28.7 Å². The maximum atomic E-state index is 12.1. The normalized spacial score (nSPS) is 11.4. The molecule has 3 rings (SSSR count). The van der Waals surface area contributed by atoms with E-state index in [0.29, 0.717) is 23.0 Å². The molecule has 0 bridgehead atoms. The smallest absolute Gasteiger partial charge is 0.276 e. The number of rotatable bonds is 4. The van der Waals surface area contributed by atoms with E-state index in [1.165, 1.54) is 0 Å². The number of carbonyl (C=O) groups is 1. The first-order valence-corrected chi connectivity index (χ1v) is 7.02. The summed E-state index contributed by atoms with van der Waals surface area (Å²) in [7, 11) is 0. The molecule has 0 aliphatic heterocycles. The van der Waals surface area contributed by atoms with E-state index in [1.54, 1.807) is 24.3 Å². The van der Waals surface area contributed by atoms with Crippen LogP contribution in [0.5, 0.6) is 0 Å². The summed E-state index contributed by atoms with van der Waals surface area (Å²) in [6, 6.07) is 14.6. The zero-order chi connectivity index (χ0) is 16.2. The fourth-order valence-corrected chi connectivity index (χ4v) is 2.09. The van der Waals surface area contributed by atoms with E-state index in [1.807, 2.05) is 31.2 Å². The molecule has 0 saturated carbocycles. The highest BCUT2D eigenvalue weighted by Gasteiger charge is 2.11. The Kier molecular flexibility index (Phi) is 3.97. The third kappa shape index (κ3) is 3.16. The molecular weight excluding hydrogens is 292 g/mol. The van der Waals surface area contributed by atoms with Gasteiger partial charge in [-0.25, -0.2) is 4.98 Å².